The fraction of sp³-hybridized carbons (Fsp3) is 0.148. The molecular formula is C27H27N4O2+. The van der Waals surface area contributed by atoms with Gasteiger partial charge in [0.25, 0.3) is 0 Å². The van der Waals surface area contributed by atoms with Gasteiger partial charge in [0, 0.05) is 37.0 Å². The second kappa shape index (κ2) is 9.96. The van der Waals surface area contributed by atoms with E-state index in [-0.39, 0.29) is 5.71 Å². The molecule has 0 fully saturated rings. The van der Waals surface area contributed by atoms with Gasteiger partial charge in [-0.05, 0) is 35.9 Å². The molecule has 0 saturated heterocycles. The lowest BCUT2D eigenvalue weighted by Crippen LogP contribution is -2.30. The van der Waals surface area contributed by atoms with Crippen LogP contribution < -0.4 is 14.9 Å². The average molecular weight is 440 g/mol. The van der Waals surface area contributed by atoms with E-state index in [9.17, 15) is 4.79 Å². The zero-order valence-electron chi connectivity index (χ0n) is 19.0. The first-order valence-electron chi connectivity index (χ1n) is 10.7. The Bertz CT molecular complexity index is 1280. The van der Waals surface area contributed by atoms with E-state index >= 15 is 0 Å². The Morgan fingerprint density at radius 1 is 0.970 bits per heavy atom. The molecule has 0 spiro atoms. The van der Waals surface area contributed by atoms with Gasteiger partial charge in [-0.2, -0.15) is 5.10 Å². The normalized spacial score (nSPS) is 11.3. The Kier molecular flexibility index (Phi) is 6.64. The number of carbonyl (C=O) groups is 1. The van der Waals surface area contributed by atoms with Gasteiger partial charge in [0.2, 0.25) is 5.52 Å². The van der Waals surface area contributed by atoms with Crippen molar-refractivity contribution >= 4 is 34.0 Å². The van der Waals surface area contributed by atoms with Crippen molar-refractivity contribution in [1.82, 2.24) is 0 Å². The number of rotatable bonds is 7. The number of para-hydroxylation sites is 1. The van der Waals surface area contributed by atoms with E-state index in [0.29, 0.717) is 0 Å². The van der Waals surface area contributed by atoms with Crippen molar-refractivity contribution in [3.63, 3.8) is 0 Å². The molecule has 0 aliphatic heterocycles. The van der Waals surface area contributed by atoms with Crippen LogP contribution in [0.4, 0.5) is 11.4 Å². The van der Waals surface area contributed by atoms with Gasteiger partial charge in [0.1, 0.15) is 7.05 Å². The number of nitrogens with one attached hydrogen (secondary N) is 1. The average Bonchev–Trinajstić information content (AvgIpc) is 2.87. The minimum absolute atomic E-state index is 0.253. The molecule has 0 radical (unpaired) electrons. The zero-order chi connectivity index (χ0) is 23.2. The molecule has 0 unspecified atom stereocenters. The van der Waals surface area contributed by atoms with Crippen LogP contribution >= 0.6 is 0 Å². The number of carbonyl (C=O) groups excluding carboxylic acids is 1. The maximum atomic E-state index is 12.7. The SMILES string of the molecule is COC(=O)/C(=N\N(C)c1ccc(NCc2ccccc2)cc1)c1cc[n+](C)c2ccccc12. The van der Waals surface area contributed by atoms with Gasteiger partial charge >= 0.3 is 5.97 Å². The molecule has 6 heteroatoms. The number of methoxy groups -OCH3 is 1. The fourth-order valence-corrected chi connectivity index (χ4v) is 3.68. The summed E-state index contributed by atoms with van der Waals surface area (Å²) in [6, 6.07) is 28.0. The quantitative estimate of drug-likeness (QED) is 0.202. The largest absolute Gasteiger partial charge is 0.464 e. The molecule has 33 heavy (non-hydrogen) atoms. The number of hydrogen-bond donors (Lipinski definition) is 1. The van der Waals surface area contributed by atoms with E-state index in [1.807, 2.05) is 97.7 Å². The van der Waals surface area contributed by atoms with Crippen LogP contribution in [0.15, 0.2) is 96.2 Å². The maximum Gasteiger partial charge on any atom is 0.359 e. The van der Waals surface area contributed by atoms with Gasteiger partial charge in [0.15, 0.2) is 11.9 Å². The summed E-state index contributed by atoms with van der Waals surface area (Å²) in [5.41, 5.74) is 5.06. The highest BCUT2D eigenvalue weighted by Crippen LogP contribution is 2.21. The molecule has 0 aliphatic rings. The molecule has 0 aliphatic carbocycles. The summed E-state index contributed by atoms with van der Waals surface area (Å²) in [6.45, 7) is 0.749. The number of aromatic nitrogens is 1. The molecule has 0 atom stereocenters. The highest BCUT2D eigenvalue weighted by atomic mass is 16.5. The number of aryl methyl sites for hydroxylation is 1. The number of pyridine rings is 1. The van der Waals surface area contributed by atoms with Gasteiger partial charge in [-0.1, -0.05) is 42.5 Å². The van der Waals surface area contributed by atoms with Crippen molar-refractivity contribution in [3.8, 4) is 0 Å². The number of ether oxygens (including phenoxy) is 1. The lowest BCUT2D eigenvalue weighted by Gasteiger charge is -2.16. The van der Waals surface area contributed by atoms with E-state index in [1.54, 1.807) is 5.01 Å². The third kappa shape index (κ3) is 5.01. The summed E-state index contributed by atoms with van der Waals surface area (Å²) in [5.74, 6) is -0.484. The van der Waals surface area contributed by atoms with Crippen molar-refractivity contribution in [1.29, 1.82) is 0 Å². The lowest BCUT2D eigenvalue weighted by molar-refractivity contribution is -0.644. The monoisotopic (exact) mass is 439 g/mol. The number of hydrazone groups is 1. The van der Waals surface area contributed by atoms with Crippen LogP contribution in [0.1, 0.15) is 11.1 Å². The van der Waals surface area contributed by atoms with Crippen molar-refractivity contribution in [2.24, 2.45) is 12.1 Å². The molecule has 1 N–H and O–H groups in total. The van der Waals surface area contributed by atoms with E-state index < -0.39 is 5.97 Å². The summed E-state index contributed by atoms with van der Waals surface area (Å²) >= 11 is 0. The predicted molar refractivity (Wildman–Crippen MR) is 132 cm³/mol. The number of benzene rings is 3. The van der Waals surface area contributed by atoms with E-state index in [0.717, 1.165) is 34.4 Å². The molecule has 3 aromatic carbocycles. The van der Waals surface area contributed by atoms with Crippen LogP contribution in [0.2, 0.25) is 0 Å². The maximum absolute atomic E-state index is 12.7. The van der Waals surface area contributed by atoms with Crippen LogP contribution in [0.5, 0.6) is 0 Å². The Labute approximate surface area is 193 Å². The molecule has 0 amide bonds. The topological polar surface area (TPSA) is 57.8 Å². The highest BCUT2D eigenvalue weighted by molar-refractivity contribution is 6.45. The second-order valence-electron chi connectivity index (χ2n) is 7.71. The Morgan fingerprint density at radius 3 is 2.39 bits per heavy atom. The van der Waals surface area contributed by atoms with Crippen LogP contribution in [0, 0.1) is 0 Å². The van der Waals surface area contributed by atoms with E-state index in [4.69, 9.17) is 4.74 Å². The number of fused-ring (bicyclic) bond motifs is 1. The van der Waals surface area contributed by atoms with Crippen LogP contribution in [0.25, 0.3) is 10.9 Å². The minimum Gasteiger partial charge on any atom is -0.464 e. The summed E-state index contributed by atoms with van der Waals surface area (Å²) < 4.78 is 7.08. The van der Waals surface area contributed by atoms with E-state index in [1.165, 1.54) is 12.7 Å². The predicted octanol–water partition coefficient (Wildman–Crippen LogP) is 4.29. The first kappa shape index (κ1) is 22.0. The Morgan fingerprint density at radius 2 is 1.67 bits per heavy atom. The fourth-order valence-electron chi connectivity index (χ4n) is 3.68. The summed E-state index contributed by atoms with van der Waals surface area (Å²) in [5, 5.41) is 10.7. The summed E-state index contributed by atoms with van der Waals surface area (Å²) in [7, 11) is 5.16. The van der Waals surface area contributed by atoms with Gasteiger partial charge in [0.05, 0.1) is 18.2 Å². The molecule has 166 valence electrons. The molecular weight excluding hydrogens is 412 g/mol. The molecule has 1 heterocycles. The first-order chi connectivity index (χ1) is 16.1. The van der Waals surface area contributed by atoms with Gasteiger partial charge in [-0.25, -0.2) is 9.36 Å². The molecule has 6 nitrogen and oxygen atoms in total. The zero-order valence-corrected chi connectivity index (χ0v) is 19.0. The van der Waals surface area contributed by atoms with Crippen LogP contribution in [-0.4, -0.2) is 25.8 Å². The third-order valence-corrected chi connectivity index (χ3v) is 5.50. The Hall–Kier alpha value is -4.19. The van der Waals surface area contributed by atoms with Crippen molar-refractivity contribution < 1.29 is 14.1 Å². The number of anilines is 2. The van der Waals surface area contributed by atoms with Gasteiger partial charge < -0.3 is 10.1 Å². The second-order valence-corrected chi connectivity index (χ2v) is 7.71. The molecule has 4 aromatic rings. The lowest BCUT2D eigenvalue weighted by atomic mass is 10.0. The van der Waals surface area contributed by atoms with Crippen LogP contribution in [-0.2, 0) is 23.1 Å². The number of esters is 1. The van der Waals surface area contributed by atoms with Crippen molar-refractivity contribution in [2.75, 3.05) is 24.5 Å². The Balaban J connectivity index is 1.60. The van der Waals surface area contributed by atoms with Gasteiger partial charge in [-0.15, -0.1) is 0 Å². The first-order valence-corrected chi connectivity index (χ1v) is 10.7. The molecule has 0 bridgehead atoms. The third-order valence-electron chi connectivity index (χ3n) is 5.50. The standard InChI is InChI=1S/C27H27N4O2/c1-30-18-17-24(23-11-7-8-12-25(23)30)26(27(32)33-3)29-31(2)22-15-13-21(14-16-22)28-19-20-9-5-4-6-10-20/h4-18,28H,19H2,1-3H3/q+1. The van der Waals surface area contributed by atoms with Crippen molar-refractivity contribution in [2.45, 2.75) is 6.54 Å². The summed E-state index contributed by atoms with van der Waals surface area (Å²) in [6.07, 6.45) is 1.92. The van der Waals surface area contributed by atoms with Crippen molar-refractivity contribution in [3.05, 3.63) is 102 Å². The highest BCUT2D eigenvalue weighted by Gasteiger charge is 2.21. The summed E-state index contributed by atoms with van der Waals surface area (Å²) in [4.78, 5) is 12.7. The van der Waals surface area contributed by atoms with E-state index in [2.05, 4.69) is 22.6 Å². The minimum atomic E-state index is -0.484. The van der Waals surface area contributed by atoms with Crippen LogP contribution in [0.3, 0.4) is 0 Å². The molecule has 0 saturated carbocycles. The smallest absolute Gasteiger partial charge is 0.359 e. The molecule has 4 rings (SSSR count). The number of hydrogen-bond acceptors (Lipinski definition) is 5. The van der Waals surface area contributed by atoms with Gasteiger partial charge in [-0.3, -0.25) is 5.01 Å². The molecule has 1 aromatic heterocycles. The number of nitrogens with zero attached hydrogens (tertiary/aromatic N) is 3.